The van der Waals surface area contributed by atoms with E-state index in [0.29, 0.717) is 4.60 Å². The van der Waals surface area contributed by atoms with Crippen LogP contribution in [0, 0.1) is 0 Å². The lowest BCUT2D eigenvalue weighted by Crippen LogP contribution is -2.34. The van der Waals surface area contributed by atoms with Gasteiger partial charge >= 0.3 is 12.0 Å². The lowest BCUT2D eigenvalue weighted by molar-refractivity contribution is -0.141. The van der Waals surface area contributed by atoms with Crippen LogP contribution in [-0.2, 0) is 9.53 Å². The Morgan fingerprint density at radius 1 is 1.41 bits per heavy atom. The van der Waals surface area contributed by atoms with Crippen molar-refractivity contribution in [1.29, 1.82) is 0 Å². The lowest BCUT2D eigenvalue weighted by atomic mass is 10.6. The van der Waals surface area contributed by atoms with Gasteiger partial charge in [-0.3, -0.25) is 10.1 Å². The summed E-state index contributed by atoms with van der Waals surface area (Å²) in [5.41, 5.74) is 0. The molecule has 1 rings (SSSR count). The highest BCUT2D eigenvalue weighted by atomic mass is 79.9. The molecule has 0 atom stereocenters. The van der Waals surface area contributed by atoms with Gasteiger partial charge in [-0.15, -0.1) is 0 Å². The summed E-state index contributed by atoms with van der Waals surface area (Å²) in [7, 11) is 0. The first-order valence-corrected chi connectivity index (χ1v) is 5.59. The van der Waals surface area contributed by atoms with Gasteiger partial charge in [0.2, 0.25) is 0 Å². The molecule has 0 aliphatic heterocycles. The van der Waals surface area contributed by atoms with Crippen molar-refractivity contribution < 1.29 is 14.3 Å². The first-order valence-electron chi connectivity index (χ1n) is 4.80. The fraction of sp³-hybridized carbons (Fsp3) is 0.333. The average molecular weight is 303 g/mol. The number of aromatic nitrogens is 2. The monoisotopic (exact) mass is 302 g/mol. The van der Waals surface area contributed by atoms with Crippen molar-refractivity contribution in [1.82, 2.24) is 15.3 Å². The minimum absolute atomic E-state index is 0.191. The lowest BCUT2D eigenvalue weighted by Gasteiger charge is -2.06. The summed E-state index contributed by atoms with van der Waals surface area (Å²) < 4.78 is 5.21. The Hall–Kier alpha value is -1.70. The van der Waals surface area contributed by atoms with E-state index in [1.807, 2.05) is 0 Å². The number of nitrogens with zero attached hydrogens (tertiary/aromatic N) is 2. The minimum Gasteiger partial charge on any atom is -0.465 e. The van der Waals surface area contributed by atoms with Gasteiger partial charge in [-0.1, -0.05) is 0 Å². The Balaban J connectivity index is 2.34. The molecule has 1 aromatic rings. The molecule has 1 aromatic heterocycles. The fourth-order valence-corrected chi connectivity index (χ4v) is 1.11. The third kappa shape index (κ3) is 5.25. The van der Waals surface area contributed by atoms with Crippen molar-refractivity contribution in [3.05, 3.63) is 17.0 Å². The molecule has 8 heteroatoms. The zero-order valence-corrected chi connectivity index (χ0v) is 10.7. The van der Waals surface area contributed by atoms with E-state index in [1.165, 1.54) is 12.4 Å². The molecule has 92 valence electrons. The summed E-state index contributed by atoms with van der Waals surface area (Å²) in [4.78, 5) is 30.0. The number of esters is 1. The summed E-state index contributed by atoms with van der Waals surface area (Å²) in [6.45, 7) is 1.78. The first-order chi connectivity index (χ1) is 8.11. The Labute approximate surface area is 106 Å². The summed E-state index contributed by atoms with van der Waals surface area (Å²) in [5, 5.41) is 4.74. The molecule has 17 heavy (non-hydrogen) atoms. The van der Waals surface area contributed by atoms with Gasteiger partial charge in [0.15, 0.2) is 5.82 Å². The smallest absolute Gasteiger partial charge is 0.325 e. The largest absolute Gasteiger partial charge is 0.465 e. The predicted octanol–water partition coefficient (Wildman–Crippen LogP) is 0.924. The predicted molar refractivity (Wildman–Crippen MR) is 63.4 cm³/mol. The van der Waals surface area contributed by atoms with Crippen molar-refractivity contribution in [2.24, 2.45) is 0 Å². The molecular weight excluding hydrogens is 292 g/mol. The van der Waals surface area contributed by atoms with Crippen LogP contribution < -0.4 is 10.6 Å². The second kappa shape index (κ2) is 6.79. The van der Waals surface area contributed by atoms with Crippen LogP contribution in [0.3, 0.4) is 0 Å². The number of hydrogen-bond donors (Lipinski definition) is 2. The number of carbonyl (C=O) groups is 2. The number of carbonyl (C=O) groups excluding carboxylic acids is 2. The average Bonchev–Trinajstić information content (AvgIpc) is 2.30. The minimum atomic E-state index is -0.547. The van der Waals surface area contributed by atoms with Crippen LogP contribution >= 0.6 is 15.9 Å². The summed E-state index contributed by atoms with van der Waals surface area (Å²) in [5.74, 6) is -0.209. The normalized spacial score (nSPS) is 9.53. The van der Waals surface area contributed by atoms with E-state index in [0.717, 1.165) is 0 Å². The molecule has 0 unspecified atom stereocenters. The molecular formula is C9H11BrN4O3. The molecule has 0 radical (unpaired) electrons. The number of urea groups is 1. The third-order valence-electron chi connectivity index (χ3n) is 1.56. The van der Waals surface area contributed by atoms with Gasteiger partial charge in [0.05, 0.1) is 19.0 Å². The number of hydrogen-bond acceptors (Lipinski definition) is 5. The van der Waals surface area contributed by atoms with E-state index in [2.05, 4.69) is 41.3 Å². The van der Waals surface area contributed by atoms with Crippen LogP contribution in [0.4, 0.5) is 10.6 Å². The molecule has 0 aliphatic carbocycles. The maximum absolute atomic E-state index is 11.3. The van der Waals surface area contributed by atoms with E-state index in [-0.39, 0.29) is 19.0 Å². The number of anilines is 1. The highest BCUT2D eigenvalue weighted by Gasteiger charge is 2.06. The highest BCUT2D eigenvalue weighted by molar-refractivity contribution is 9.10. The second-order valence-corrected chi connectivity index (χ2v) is 3.65. The first kappa shape index (κ1) is 13.4. The van der Waals surface area contributed by atoms with E-state index in [4.69, 9.17) is 0 Å². The molecule has 0 saturated heterocycles. The van der Waals surface area contributed by atoms with E-state index < -0.39 is 12.0 Å². The molecule has 0 saturated carbocycles. The molecule has 1 heterocycles. The highest BCUT2D eigenvalue weighted by Crippen LogP contribution is 2.05. The summed E-state index contributed by atoms with van der Waals surface area (Å²) >= 11 is 3.12. The SMILES string of the molecule is CCOC(=O)CNC(=O)Nc1cnc(Br)cn1. The van der Waals surface area contributed by atoms with Gasteiger partial charge in [-0.2, -0.15) is 0 Å². The maximum atomic E-state index is 11.3. The zero-order valence-electron chi connectivity index (χ0n) is 9.07. The van der Waals surface area contributed by atoms with Crippen molar-refractivity contribution in [2.75, 3.05) is 18.5 Å². The van der Waals surface area contributed by atoms with Gasteiger partial charge in [-0.05, 0) is 22.9 Å². The molecule has 0 fully saturated rings. The van der Waals surface area contributed by atoms with Gasteiger partial charge < -0.3 is 10.1 Å². The molecule has 0 spiro atoms. The van der Waals surface area contributed by atoms with Crippen LogP contribution in [0.1, 0.15) is 6.92 Å². The third-order valence-corrected chi connectivity index (χ3v) is 1.97. The van der Waals surface area contributed by atoms with E-state index >= 15 is 0 Å². The van der Waals surface area contributed by atoms with Crippen LogP contribution in [0.25, 0.3) is 0 Å². The molecule has 2 N–H and O–H groups in total. The van der Waals surface area contributed by atoms with Crippen LogP contribution in [0.5, 0.6) is 0 Å². The molecule has 0 aliphatic rings. The number of halogens is 1. The summed E-state index contributed by atoms with van der Waals surface area (Å²) in [6.07, 6.45) is 2.83. The van der Waals surface area contributed by atoms with Gasteiger partial charge in [0.25, 0.3) is 0 Å². The molecule has 0 aromatic carbocycles. The summed E-state index contributed by atoms with van der Waals surface area (Å²) in [6, 6.07) is -0.547. The number of ether oxygens (including phenoxy) is 1. The van der Waals surface area contributed by atoms with E-state index in [1.54, 1.807) is 6.92 Å². The second-order valence-electron chi connectivity index (χ2n) is 2.84. The Bertz CT molecular complexity index is 396. The van der Waals surface area contributed by atoms with Gasteiger partial charge in [0, 0.05) is 0 Å². The van der Waals surface area contributed by atoms with Crippen LogP contribution in [0.2, 0.25) is 0 Å². The van der Waals surface area contributed by atoms with Crippen molar-refractivity contribution >= 4 is 33.7 Å². The molecule has 7 nitrogen and oxygen atoms in total. The Morgan fingerprint density at radius 3 is 2.76 bits per heavy atom. The maximum Gasteiger partial charge on any atom is 0.325 e. The number of rotatable bonds is 4. The topological polar surface area (TPSA) is 93.2 Å². The van der Waals surface area contributed by atoms with Crippen LogP contribution in [0.15, 0.2) is 17.0 Å². The van der Waals surface area contributed by atoms with Crippen molar-refractivity contribution in [2.45, 2.75) is 6.92 Å². The standard InChI is InChI=1S/C9H11BrN4O3/c1-2-17-8(15)5-13-9(16)14-7-4-11-6(10)3-12-7/h3-4H,2,5H2,1H3,(H2,12,13,14,16). The van der Waals surface area contributed by atoms with Gasteiger partial charge in [-0.25, -0.2) is 14.8 Å². The zero-order chi connectivity index (χ0) is 12.7. The molecule has 0 bridgehead atoms. The number of amides is 2. The van der Waals surface area contributed by atoms with Crippen LogP contribution in [-0.4, -0.2) is 35.1 Å². The van der Waals surface area contributed by atoms with Gasteiger partial charge in [0.1, 0.15) is 11.1 Å². The van der Waals surface area contributed by atoms with E-state index in [9.17, 15) is 9.59 Å². The Kier molecular flexibility index (Phi) is 5.34. The number of nitrogens with one attached hydrogen (secondary N) is 2. The Morgan fingerprint density at radius 2 is 2.18 bits per heavy atom. The quantitative estimate of drug-likeness (QED) is 0.807. The van der Waals surface area contributed by atoms with Crippen molar-refractivity contribution in [3.8, 4) is 0 Å². The van der Waals surface area contributed by atoms with Crippen molar-refractivity contribution in [3.63, 3.8) is 0 Å². The molecule has 2 amide bonds. The fourth-order valence-electron chi connectivity index (χ4n) is 0.902.